The minimum Gasteiger partial charge on any atom is -0.481 e. The molecule has 0 saturated carbocycles. The van der Waals surface area contributed by atoms with E-state index in [4.69, 9.17) is 9.47 Å². The molecule has 1 aliphatic rings. The van der Waals surface area contributed by atoms with Crippen LogP contribution in [0.5, 0.6) is 5.88 Å². The SMILES string of the molecule is COc1ccc(-c2cccc(C(=O)NCCN3CCOCC3)n2)cn1. The van der Waals surface area contributed by atoms with Crippen LogP contribution in [-0.2, 0) is 4.74 Å². The average Bonchev–Trinajstić information content (AvgIpc) is 2.69. The van der Waals surface area contributed by atoms with Crippen molar-refractivity contribution in [3.63, 3.8) is 0 Å². The molecule has 1 amide bonds. The molecule has 1 saturated heterocycles. The first-order valence-corrected chi connectivity index (χ1v) is 8.32. The number of hydrogen-bond acceptors (Lipinski definition) is 6. The highest BCUT2D eigenvalue weighted by Crippen LogP contribution is 2.18. The van der Waals surface area contributed by atoms with E-state index in [1.54, 1.807) is 25.4 Å². The third-order valence-corrected chi connectivity index (χ3v) is 4.04. The highest BCUT2D eigenvalue weighted by atomic mass is 16.5. The Morgan fingerprint density at radius 1 is 1.28 bits per heavy atom. The maximum atomic E-state index is 12.3. The summed E-state index contributed by atoms with van der Waals surface area (Å²) in [7, 11) is 1.57. The Labute approximate surface area is 147 Å². The van der Waals surface area contributed by atoms with E-state index in [0.29, 0.717) is 23.8 Å². The Balaban J connectivity index is 1.58. The van der Waals surface area contributed by atoms with Gasteiger partial charge >= 0.3 is 0 Å². The van der Waals surface area contributed by atoms with Crippen molar-refractivity contribution in [2.45, 2.75) is 0 Å². The van der Waals surface area contributed by atoms with Gasteiger partial charge in [-0.05, 0) is 18.2 Å². The molecule has 0 atom stereocenters. The van der Waals surface area contributed by atoms with E-state index in [0.717, 1.165) is 38.4 Å². The zero-order valence-corrected chi connectivity index (χ0v) is 14.3. The van der Waals surface area contributed by atoms with Gasteiger partial charge in [0.2, 0.25) is 5.88 Å². The third-order valence-electron chi connectivity index (χ3n) is 4.04. The number of nitrogens with one attached hydrogen (secondary N) is 1. The molecule has 0 spiro atoms. The van der Waals surface area contributed by atoms with Crippen LogP contribution < -0.4 is 10.1 Å². The first-order valence-electron chi connectivity index (χ1n) is 8.32. The molecule has 1 fully saturated rings. The van der Waals surface area contributed by atoms with Gasteiger partial charge in [-0.2, -0.15) is 0 Å². The van der Waals surface area contributed by atoms with Gasteiger partial charge in [-0.3, -0.25) is 9.69 Å². The number of amides is 1. The van der Waals surface area contributed by atoms with E-state index in [9.17, 15) is 4.79 Å². The molecule has 3 heterocycles. The van der Waals surface area contributed by atoms with Crippen LogP contribution in [0.4, 0.5) is 0 Å². The molecule has 0 aromatic carbocycles. The molecule has 2 aromatic rings. The number of hydrogen-bond donors (Lipinski definition) is 1. The van der Waals surface area contributed by atoms with Gasteiger partial charge < -0.3 is 14.8 Å². The van der Waals surface area contributed by atoms with Gasteiger partial charge in [-0.15, -0.1) is 0 Å². The second kappa shape index (κ2) is 8.55. The summed E-state index contributed by atoms with van der Waals surface area (Å²) in [5.41, 5.74) is 1.94. The van der Waals surface area contributed by atoms with Crippen molar-refractivity contribution in [2.24, 2.45) is 0 Å². The molecule has 1 N–H and O–H groups in total. The fraction of sp³-hybridized carbons (Fsp3) is 0.389. The molecular formula is C18H22N4O3. The van der Waals surface area contributed by atoms with E-state index in [2.05, 4.69) is 20.2 Å². The molecule has 3 rings (SSSR count). The summed E-state index contributed by atoms with van der Waals surface area (Å²) < 4.78 is 10.4. The van der Waals surface area contributed by atoms with Crippen LogP contribution >= 0.6 is 0 Å². The fourth-order valence-electron chi connectivity index (χ4n) is 2.62. The Morgan fingerprint density at radius 3 is 2.84 bits per heavy atom. The molecule has 0 unspecified atom stereocenters. The fourth-order valence-corrected chi connectivity index (χ4v) is 2.62. The molecule has 0 bridgehead atoms. The van der Waals surface area contributed by atoms with Gasteiger partial charge in [0.25, 0.3) is 5.91 Å². The van der Waals surface area contributed by atoms with Gasteiger partial charge in [0.05, 0.1) is 26.0 Å². The Bertz CT molecular complexity index is 700. The normalized spacial score (nSPS) is 14.9. The lowest BCUT2D eigenvalue weighted by Gasteiger charge is -2.26. The monoisotopic (exact) mass is 342 g/mol. The molecule has 1 aliphatic heterocycles. The van der Waals surface area contributed by atoms with Crippen LogP contribution in [0.25, 0.3) is 11.3 Å². The first kappa shape index (κ1) is 17.3. The summed E-state index contributed by atoms with van der Waals surface area (Å²) in [6.45, 7) is 4.75. The number of carbonyl (C=O) groups is 1. The summed E-state index contributed by atoms with van der Waals surface area (Å²) in [5, 5.41) is 2.92. The number of rotatable bonds is 6. The number of morpholine rings is 1. The smallest absolute Gasteiger partial charge is 0.269 e. The molecule has 2 aromatic heterocycles. The second-order valence-electron chi connectivity index (χ2n) is 5.71. The Hall–Kier alpha value is -2.51. The highest BCUT2D eigenvalue weighted by molar-refractivity contribution is 5.92. The van der Waals surface area contributed by atoms with Crippen LogP contribution in [-0.4, -0.2) is 67.3 Å². The van der Waals surface area contributed by atoms with Crippen molar-refractivity contribution in [3.05, 3.63) is 42.2 Å². The van der Waals surface area contributed by atoms with E-state index in [-0.39, 0.29) is 5.91 Å². The number of carbonyl (C=O) groups excluding carboxylic acids is 1. The van der Waals surface area contributed by atoms with Gasteiger partial charge in [0.15, 0.2) is 0 Å². The standard InChI is InChI=1S/C18H22N4O3/c1-24-17-6-5-14(13-20-17)15-3-2-4-16(21-15)18(23)19-7-8-22-9-11-25-12-10-22/h2-6,13H,7-12H2,1H3,(H,19,23). The molecule has 0 aliphatic carbocycles. The second-order valence-corrected chi connectivity index (χ2v) is 5.71. The van der Waals surface area contributed by atoms with E-state index >= 15 is 0 Å². The van der Waals surface area contributed by atoms with Crippen LogP contribution in [0.1, 0.15) is 10.5 Å². The Kier molecular flexibility index (Phi) is 5.92. The van der Waals surface area contributed by atoms with Gasteiger partial charge in [-0.25, -0.2) is 9.97 Å². The van der Waals surface area contributed by atoms with Crippen molar-refractivity contribution < 1.29 is 14.3 Å². The lowest BCUT2D eigenvalue weighted by Crippen LogP contribution is -2.41. The quantitative estimate of drug-likeness (QED) is 0.850. The summed E-state index contributed by atoms with van der Waals surface area (Å²) in [6.07, 6.45) is 1.68. The minimum atomic E-state index is -0.170. The number of aromatic nitrogens is 2. The number of methoxy groups -OCH3 is 1. The number of pyridine rings is 2. The van der Waals surface area contributed by atoms with E-state index in [1.807, 2.05) is 18.2 Å². The van der Waals surface area contributed by atoms with Gasteiger partial charge in [-0.1, -0.05) is 6.07 Å². The van der Waals surface area contributed by atoms with E-state index < -0.39 is 0 Å². The third kappa shape index (κ3) is 4.74. The maximum absolute atomic E-state index is 12.3. The predicted octanol–water partition coefficient (Wildman–Crippen LogP) is 1.21. The lowest BCUT2D eigenvalue weighted by molar-refractivity contribution is 0.0383. The van der Waals surface area contributed by atoms with Gasteiger partial charge in [0.1, 0.15) is 5.69 Å². The summed E-state index contributed by atoms with van der Waals surface area (Å²) in [4.78, 5) is 23.2. The van der Waals surface area contributed by atoms with Crippen LogP contribution in [0.15, 0.2) is 36.5 Å². The summed E-state index contributed by atoms with van der Waals surface area (Å²) >= 11 is 0. The van der Waals surface area contributed by atoms with Crippen molar-refractivity contribution in [2.75, 3.05) is 46.5 Å². The first-order chi connectivity index (χ1) is 12.3. The summed E-state index contributed by atoms with van der Waals surface area (Å²) in [6, 6.07) is 9.03. The zero-order chi connectivity index (χ0) is 17.5. The Morgan fingerprint density at radius 2 is 2.12 bits per heavy atom. The lowest BCUT2D eigenvalue weighted by atomic mass is 10.2. The highest BCUT2D eigenvalue weighted by Gasteiger charge is 2.12. The molecular weight excluding hydrogens is 320 g/mol. The molecule has 0 radical (unpaired) electrons. The van der Waals surface area contributed by atoms with Gasteiger partial charge in [0, 0.05) is 44.0 Å². The number of nitrogens with zero attached hydrogens (tertiary/aromatic N) is 3. The molecule has 7 heteroatoms. The predicted molar refractivity (Wildman–Crippen MR) is 93.6 cm³/mol. The maximum Gasteiger partial charge on any atom is 0.269 e. The number of ether oxygens (including phenoxy) is 2. The average molecular weight is 342 g/mol. The topological polar surface area (TPSA) is 76.6 Å². The van der Waals surface area contributed by atoms with Crippen LogP contribution in [0.3, 0.4) is 0 Å². The minimum absolute atomic E-state index is 0.170. The zero-order valence-electron chi connectivity index (χ0n) is 14.3. The molecule has 25 heavy (non-hydrogen) atoms. The van der Waals surface area contributed by atoms with Crippen LogP contribution in [0, 0.1) is 0 Å². The largest absolute Gasteiger partial charge is 0.481 e. The van der Waals surface area contributed by atoms with Crippen molar-refractivity contribution in [1.82, 2.24) is 20.2 Å². The van der Waals surface area contributed by atoms with Crippen molar-refractivity contribution in [3.8, 4) is 17.1 Å². The van der Waals surface area contributed by atoms with Crippen LogP contribution in [0.2, 0.25) is 0 Å². The van der Waals surface area contributed by atoms with Crippen molar-refractivity contribution >= 4 is 5.91 Å². The summed E-state index contributed by atoms with van der Waals surface area (Å²) in [5.74, 6) is 0.373. The van der Waals surface area contributed by atoms with Crippen molar-refractivity contribution in [1.29, 1.82) is 0 Å². The molecule has 132 valence electrons. The van der Waals surface area contributed by atoms with E-state index in [1.165, 1.54) is 0 Å². The molecule has 7 nitrogen and oxygen atoms in total.